The van der Waals surface area contributed by atoms with Gasteiger partial charge in [0.1, 0.15) is 0 Å². The normalized spacial score (nSPS) is 9.78. The molecular weight excluding hydrogens is 280 g/mol. The molecule has 0 fully saturated rings. The highest BCUT2D eigenvalue weighted by molar-refractivity contribution is 5.41. The Bertz CT molecular complexity index is 728. The van der Waals surface area contributed by atoms with E-state index in [9.17, 15) is 0 Å². The summed E-state index contributed by atoms with van der Waals surface area (Å²) in [6, 6.07) is 18.1. The van der Waals surface area contributed by atoms with Crippen LogP contribution in [0.4, 0.5) is 0 Å². The quantitative estimate of drug-likeness (QED) is 0.717. The van der Waals surface area contributed by atoms with E-state index in [0.29, 0.717) is 11.8 Å². The molecule has 0 spiro atoms. The Morgan fingerprint density at radius 1 is 0.739 bits per heavy atom. The monoisotopic (exact) mass is 304 g/mol. The van der Waals surface area contributed by atoms with E-state index in [0.717, 1.165) is 22.3 Å². The molecule has 0 aliphatic carbocycles. The van der Waals surface area contributed by atoms with Crippen LogP contribution in [0.2, 0.25) is 0 Å². The highest BCUT2D eigenvalue weighted by Gasteiger charge is 2.05. The Kier molecular flexibility index (Phi) is 7.04. The van der Waals surface area contributed by atoms with Gasteiger partial charge in [-0.05, 0) is 42.0 Å². The van der Waals surface area contributed by atoms with Gasteiger partial charge in [-0.2, -0.15) is 10.5 Å². The minimum absolute atomic E-state index is 0.430. The lowest BCUT2D eigenvalue weighted by Gasteiger charge is -2.07. The third kappa shape index (κ3) is 5.28. The maximum Gasteiger partial charge on any atom is 0.0994 e. The summed E-state index contributed by atoms with van der Waals surface area (Å²) in [5.41, 5.74) is 5.10. The number of hydrogen-bond acceptors (Lipinski definition) is 2. The van der Waals surface area contributed by atoms with Crippen LogP contribution in [-0.2, 0) is 0 Å². The molecule has 0 saturated carbocycles. The van der Waals surface area contributed by atoms with E-state index >= 15 is 0 Å². The van der Waals surface area contributed by atoms with Crippen LogP contribution < -0.4 is 0 Å². The zero-order valence-corrected chi connectivity index (χ0v) is 14.6. The number of aryl methyl sites for hydroxylation is 1. The van der Waals surface area contributed by atoms with E-state index in [1.165, 1.54) is 5.56 Å². The third-order valence-electron chi connectivity index (χ3n) is 3.65. The molecule has 0 saturated heterocycles. The van der Waals surface area contributed by atoms with E-state index in [4.69, 9.17) is 10.5 Å². The van der Waals surface area contributed by atoms with Crippen molar-refractivity contribution in [3.05, 3.63) is 70.3 Å². The number of nitriles is 2. The van der Waals surface area contributed by atoms with Crippen LogP contribution >= 0.6 is 0 Å². The van der Waals surface area contributed by atoms with Gasteiger partial charge in [-0.25, -0.2) is 0 Å². The van der Waals surface area contributed by atoms with Crippen molar-refractivity contribution in [2.45, 2.75) is 46.5 Å². The first-order valence-corrected chi connectivity index (χ1v) is 7.90. The number of benzene rings is 2. The van der Waals surface area contributed by atoms with Crippen molar-refractivity contribution in [1.29, 1.82) is 10.5 Å². The Morgan fingerprint density at radius 3 is 1.74 bits per heavy atom. The van der Waals surface area contributed by atoms with Gasteiger partial charge in [0.2, 0.25) is 0 Å². The maximum atomic E-state index is 8.81. The largest absolute Gasteiger partial charge is 0.192 e. The van der Waals surface area contributed by atoms with Gasteiger partial charge in [-0.3, -0.25) is 0 Å². The van der Waals surface area contributed by atoms with E-state index < -0.39 is 0 Å². The highest BCUT2D eigenvalue weighted by atomic mass is 14.3. The van der Waals surface area contributed by atoms with Gasteiger partial charge in [0, 0.05) is 0 Å². The molecule has 0 aliphatic rings. The predicted octanol–water partition coefficient (Wildman–Crippen LogP) is 5.67. The zero-order valence-electron chi connectivity index (χ0n) is 14.6. The second-order valence-electron chi connectivity index (χ2n) is 6.21. The summed E-state index contributed by atoms with van der Waals surface area (Å²) < 4.78 is 0. The van der Waals surface area contributed by atoms with Crippen molar-refractivity contribution < 1.29 is 0 Å². The van der Waals surface area contributed by atoms with Crippen LogP contribution in [0.25, 0.3) is 0 Å². The van der Waals surface area contributed by atoms with Gasteiger partial charge in [0.05, 0.1) is 23.3 Å². The SMILES string of the molecule is CC(C)c1ccccc1C#N.Cc1ccc(C#N)c(C(C)C)c1. The Labute approximate surface area is 140 Å². The zero-order chi connectivity index (χ0) is 17.4. The Balaban J connectivity index is 0.000000231. The fourth-order valence-corrected chi connectivity index (χ4v) is 2.36. The first-order chi connectivity index (χ1) is 10.9. The molecule has 0 unspecified atom stereocenters. The standard InChI is InChI=1S/C11H13N.C10H11N/c1-8(2)11-6-9(3)4-5-10(11)7-12;1-8(2)10-6-4-3-5-9(10)7-11/h4-6,8H,1-3H3;3-6,8H,1-2H3. The third-order valence-corrected chi connectivity index (χ3v) is 3.65. The second kappa shape index (κ2) is 8.76. The van der Waals surface area contributed by atoms with Gasteiger partial charge in [-0.15, -0.1) is 0 Å². The van der Waals surface area contributed by atoms with Gasteiger partial charge >= 0.3 is 0 Å². The summed E-state index contributed by atoms with van der Waals surface area (Å²) in [6.07, 6.45) is 0. The number of rotatable bonds is 2. The van der Waals surface area contributed by atoms with Crippen molar-refractivity contribution >= 4 is 0 Å². The van der Waals surface area contributed by atoms with Gasteiger partial charge in [0.15, 0.2) is 0 Å². The Hall–Kier alpha value is -2.58. The van der Waals surface area contributed by atoms with Crippen LogP contribution in [0.15, 0.2) is 42.5 Å². The summed E-state index contributed by atoms with van der Waals surface area (Å²) >= 11 is 0. The van der Waals surface area contributed by atoms with Crippen LogP contribution in [0.5, 0.6) is 0 Å². The summed E-state index contributed by atoms with van der Waals surface area (Å²) in [7, 11) is 0. The molecule has 23 heavy (non-hydrogen) atoms. The van der Waals surface area contributed by atoms with Crippen LogP contribution in [0, 0.1) is 29.6 Å². The average molecular weight is 304 g/mol. The molecular formula is C21H24N2. The molecule has 0 atom stereocenters. The van der Waals surface area contributed by atoms with Crippen molar-refractivity contribution in [2.24, 2.45) is 0 Å². The van der Waals surface area contributed by atoms with Crippen LogP contribution in [-0.4, -0.2) is 0 Å². The van der Waals surface area contributed by atoms with E-state index in [2.05, 4.69) is 45.9 Å². The molecule has 2 heteroatoms. The first-order valence-electron chi connectivity index (χ1n) is 7.90. The summed E-state index contributed by atoms with van der Waals surface area (Å²) in [4.78, 5) is 0. The van der Waals surface area contributed by atoms with Gasteiger partial charge < -0.3 is 0 Å². The van der Waals surface area contributed by atoms with Crippen molar-refractivity contribution in [1.82, 2.24) is 0 Å². The molecule has 0 radical (unpaired) electrons. The molecule has 2 aromatic carbocycles. The smallest absolute Gasteiger partial charge is 0.0994 e. The molecule has 2 aromatic rings. The molecule has 2 rings (SSSR count). The van der Waals surface area contributed by atoms with Gasteiger partial charge in [0.25, 0.3) is 0 Å². The highest BCUT2D eigenvalue weighted by Crippen LogP contribution is 2.20. The molecule has 0 bridgehead atoms. The second-order valence-corrected chi connectivity index (χ2v) is 6.21. The number of nitrogens with zero attached hydrogens (tertiary/aromatic N) is 2. The predicted molar refractivity (Wildman–Crippen MR) is 95.2 cm³/mol. The minimum atomic E-state index is 0.430. The summed E-state index contributed by atoms with van der Waals surface area (Å²) in [5.74, 6) is 0.866. The van der Waals surface area contributed by atoms with Crippen LogP contribution in [0.1, 0.15) is 67.3 Å². The van der Waals surface area contributed by atoms with E-state index in [-0.39, 0.29) is 0 Å². The molecule has 2 nitrogen and oxygen atoms in total. The average Bonchev–Trinajstić information content (AvgIpc) is 2.55. The molecule has 0 heterocycles. The lowest BCUT2D eigenvalue weighted by molar-refractivity contribution is 0.861. The van der Waals surface area contributed by atoms with Crippen LogP contribution in [0.3, 0.4) is 0 Å². The summed E-state index contributed by atoms with van der Waals surface area (Å²) in [5, 5.41) is 17.5. The molecule has 0 aliphatic heterocycles. The summed E-state index contributed by atoms with van der Waals surface area (Å²) in [6.45, 7) is 10.4. The molecule has 0 aromatic heterocycles. The molecule has 0 amide bonds. The lowest BCUT2D eigenvalue weighted by Crippen LogP contribution is -1.92. The topological polar surface area (TPSA) is 47.6 Å². The fraction of sp³-hybridized carbons (Fsp3) is 0.333. The first kappa shape index (κ1) is 18.5. The maximum absolute atomic E-state index is 8.81. The lowest BCUT2D eigenvalue weighted by atomic mass is 9.96. The van der Waals surface area contributed by atoms with Crippen molar-refractivity contribution in [3.63, 3.8) is 0 Å². The molecule has 118 valence electrons. The number of hydrogen-bond donors (Lipinski definition) is 0. The van der Waals surface area contributed by atoms with Crippen molar-refractivity contribution in [3.8, 4) is 12.1 Å². The van der Waals surface area contributed by atoms with Gasteiger partial charge in [-0.1, -0.05) is 63.6 Å². The van der Waals surface area contributed by atoms with Crippen molar-refractivity contribution in [2.75, 3.05) is 0 Å². The Morgan fingerprint density at radius 2 is 1.26 bits per heavy atom. The van der Waals surface area contributed by atoms with E-state index in [1.807, 2.05) is 43.3 Å². The fourth-order valence-electron chi connectivity index (χ4n) is 2.36. The van der Waals surface area contributed by atoms with E-state index in [1.54, 1.807) is 0 Å². The molecule has 0 N–H and O–H groups in total. The minimum Gasteiger partial charge on any atom is -0.192 e.